The summed E-state index contributed by atoms with van der Waals surface area (Å²) in [5.74, 6) is 0.623. The number of nitrogens with zero attached hydrogens (tertiary/aromatic N) is 2. The maximum Gasteiger partial charge on any atom is 0.0195 e. The van der Waals surface area contributed by atoms with Crippen LogP contribution in [0.15, 0.2) is 0 Å². The lowest BCUT2D eigenvalue weighted by atomic mass is 10.1. The van der Waals surface area contributed by atoms with E-state index in [1.165, 1.54) is 13.1 Å². The molecule has 3 unspecified atom stereocenters. The molecule has 0 saturated carbocycles. The lowest BCUT2D eigenvalue weighted by Crippen LogP contribution is -2.55. The first-order chi connectivity index (χ1) is 6.54. The van der Waals surface area contributed by atoms with Gasteiger partial charge in [-0.2, -0.15) is 0 Å². The van der Waals surface area contributed by atoms with Crippen LogP contribution < -0.4 is 5.73 Å². The van der Waals surface area contributed by atoms with Crippen molar-refractivity contribution in [3.05, 3.63) is 0 Å². The number of likely N-dealkylation sites (N-methyl/N-ethyl adjacent to an activating group) is 1. The normalized spacial score (nSPS) is 33.2. The van der Waals surface area contributed by atoms with Crippen molar-refractivity contribution in [1.29, 1.82) is 0 Å². The van der Waals surface area contributed by atoms with Crippen LogP contribution in [-0.2, 0) is 0 Å². The Hall–Kier alpha value is -0.120. The first-order valence-electron chi connectivity index (χ1n) is 5.69. The average Bonchev–Trinajstić information content (AvgIpc) is 2.14. The Morgan fingerprint density at radius 2 is 1.79 bits per heavy atom. The highest BCUT2D eigenvalue weighted by Crippen LogP contribution is 2.14. The van der Waals surface area contributed by atoms with Crippen LogP contribution in [0.2, 0.25) is 0 Å². The third-order valence-electron chi connectivity index (χ3n) is 3.41. The molecule has 0 aromatic carbocycles. The van der Waals surface area contributed by atoms with E-state index >= 15 is 0 Å². The second-order valence-corrected chi connectivity index (χ2v) is 4.92. The molecular formula is C11H25N3. The standard InChI is InChI=1S/C11H25N3/c1-9(5-12)6-14-7-10(2)13(4)11(3)8-14/h9-11H,5-8,12H2,1-4H3. The lowest BCUT2D eigenvalue weighted by Gasteiger charge is -2.43. The van der Waals surface area contributed by atoms with Crippen molar-refractivity contribution in [2.75, 3.05) is 33.2 Å². The van der Waals surface area contributed by atoms with Gasteiger partial charge in [-0.1, -0.05) is 6.92 Å². The van der Waals surface area contributed by atoms with Crippen LogP contribution in [0.3, 0.4) is 0 Å². The summed E-state index contributed by atoms with van der Waals surface area (Å²) in [4.78, 5) is 5.01. The first-order valence-corrected chi connectivity index (χ1v) is 5.69. The number of nitrogens with two attached hydrogens (primary N) is 1. The van der Waals surface area contributed by atoms with Crippen LogP contribution in [-0.4, -0.2) is 55.1 Å². The molecule has 1 aliphatic rings. The number of piperazine rings is 1. The van der Waals surface area contributed by atoms with Crippen LogP contribution in [0.1, 0.15) is 20.8 Å². The summed E-state index contributed by atoms with van der Waals surface area (Å²) in [7, 11) is 2.22. The van der Waals surface area contributed by atoms with Crippen molar-refractivity contribution in [3.8, 4) is 0 Å². The van der Waals surface area contributed by atoms with Gasteiger partial charge in [0, 0.05) is 31.7 Å². The van der Waals surface area contributed by atoms with Crippen LogP contribution in [0.25, 0.3) is 0 Å². The minimum atomic E-state index is 0.623. The molecule has 0 aromatic rings. The van der Waals surface area contributed by atoms with Gasteiger partial charge in [-0.05, 0) is 33.4 Å². The molecule has 0 radical (unpaired) electrons. The lowest BCUT2D eigenvalue weighted by molar-refractivity contribution is 0.0528. The molecule has 84 valence electrons. The molecule has 14 heavy (non-hydrogen) atoms. The molecule has 0 bridgehead atoms. The van der Waals surface area contributed by atoms with Crippen LogP contribution in [0, 0.1) is 5.92 Å². The largest absolute Gasteiger partial charge is 0.330 e. The van der Waals surface area contributed by atoms with Crippen molar-refractivity contribution >= 4 is 0 Å². The van der Waals surface area contributed by atoms with Gasteiger partial charge in [-0.25, -0.2) is 0 Å². The van der Waals surface area contributed by atoms with Crippen LogP contribution in [0.4, 0.5) is 0 Å². The van der Waals surface area contributed by atoms with Gasteiger partial charge in [-0.3, -0.25) is 9.80 Å². The number of rotatable bonds is 3. The van der Waals surface area contributed by atoms with Gasteiger partial charge >= 0.3 is 0 Å². The van der Waals surface area contributed by atoms with Crippen LogP contribution >= 0.6 is 0 Å². The van der Waals surface area contributed by atoms with E-state index in [1.54, 1.807) is 0 Å². The molecule has 0 spiro atoms. The van der Waals surface area contributed by atoms with E-state index in [9.17, 15) is 0 Å². The molecule has 1 aliphatic heterocycles. The predicted octanol–water partition coefficient (Wildman–Crippen LogP) is 0.606. The summed E-state index contributed by atoms with van der Waals surface area (Å²) in [6, 6.07) is 1.34. The summed E-state index contributed by atoms with van der Waals surface area (Å²) in [6.45, 7) is 11.2. The van der Waals surface area contributed by atoms with Crippen molar-refractivity contribution in [2.45, 2.75) is 32.9 Å². The average molecular weight is 199 g/mol. The Bertz CT molecular complexity index is 157. The van der Waals surface area contributed by atoms with Gasteiger partial charge in [0.15, 0.2) is 0 Å². The monoisotopic (exact) mass is 199 g/mol. The summed E-state index contributed by atoms with van der Waals surface area (Å²) in [5, 5.41) is 0. The Balaban J connectivity index is 2.41. The van der Waals surface area contributed by atoms with E-state index in [0.717, 1.165) is 13.1 Å². The van der Waals surface area contributed by atoms with E-state index in [4.69, 9.17) is 5.73 Å². The Labute approximate surface area is 88.2 Å². The predicted molar refractivity (Wildman–Crippen MR) is 61.3 cm³/mol. The fourth-order valence-electron chi connectivity index (χ4n) is 2.18. The highest BCUT2D eigenvalue weighted by Gasteiger charge is 2.26. The van der Waals surface area contributed by atoms with Gasteiger partial charge < -0.3 is 5.73 Å². The van der Waals surface area contributed by atoms with Gasteiger partial charge in [-0.15, -0.1) is 0 Å². The van der Waals surface area contributed by atoms with Crippen molar-refractivity contribution in [1.82, 2.24) is 9.80 Å². The summed E-state index contributed by atoms with van der Waals surface area (Å²) in [5.41, 5.74) is 5.65. The Kier molecular flexibility index (Phi) is 4.35. The Morgan fingerprint density at radius 1 is 1.29 bits per heavy atom. The zero-order chi connectivity index (χ0) is 10.7. The molecule has 2 N–H and O–H groups in total. The maximum atomic E-state index is 5.65. The van der Waals surface area contributed by atoms with Gasteiger partial charge in [0.25, 0.3) is 0 Å². The highest BCUT2D eigenvalue weighted by molar-refractivity contribution is 4.83. The number of hydrogen-bond acceptors (Lipinski definition) is 3. The highest BCUT2D eigenvalue weighted by atomic mass is 15.3. The smallest absolute Gasteiger partial charge is 0.0195 e. The molecule has 1 saturated heterocycles. The van der Waals surface area contributed by atoms with E-state index in [0.29, 0.717) is 18.0 Å². The molecule has 3 heteroatoms. The molecule has 3 nitrogen and oxygen atoms in total. The third kappa shape index (κ3) is 2.94. The van der Waals surface area contributed by atoms with E-state index in [-0.39, 0.29) is 0 Å². The summed E-state index contributed by atoms with van der Waals surface area (Å²) in [6.07, 6.45) is 0. The fourth-order valence-corrected chi connectivity index (χ4v) is 2.18. The van der Waals surface area contributed by atoms with E-state index < -0.39 is 0 Å². The minimum Gasteiger partial charge on any atom is -0.330 e. The van der Waals surface area contributed by atoms with Gasteiger partial charge in [0.05, 0.1) is 0 Å². The SMILES string of the molecule is CC(CN)CN1CC(C)N(C)C(C)C1. The minimum absolute atomic E-state index is 0.623. The van der Waals surface area contributed by atoms with E-state index in [1.807, 2.05) is 0 Å². The quantitative estimate of drug-likeness (QED) is 0.723. The van der Waals surface area contributed by atoms with E-state index in [2.05, 4.69) is 37.6 Å². The molecule has 0 aliphatic carbocycles. The van der Waals surface area contributed by atoms with Crippen molar-refractivity contribution in [3.63, 3.8) is 0 Å². The molecule has 1 fully saturated rings. The van der Waals surface area contributed by atoms with Crippen molar-refractivity contribution in [2.24, 2.45) is 11.7 Å². The molecule has 3 atom stereocenters. The molecule has 1 rings (SSSR count). The first kappa shape index (κ1) is 12.0. The molecule has 0 aromatic heterocycles. The molecule has 1 heterocycles. The van der Waals surface area contributed by atoms with Gasteiger partial charge in [0.2, 0.25) is 0 Å². The summed E-state index contributed by atoms with van der Waals surface area (Å²) < 4.78 is 0. The second-order valence-electron chi connectivity index (χ2n) is 4.92. The maximum absolute atomic E-state index is 5.65. The fraction of sp³-hybridized carbons (Fsp3) is 1.00. The van der Waals surface area contributed by atoms with Crippen LogP contribution in [0.5, 0.6) is 0 Å². The molecule has 0 amide bonds. The molecular weight excluding hydrogens is 174 g/mol. The number of hydrogen-bond donors (Lipinski definition) is 1. The second kappa shape index (κ2) is 5.10. The zero-order valence-electron chi connectivity index (χ0n) is 10.0. The summed E-state index contributed by atoms with van der Waals surface area (Å²) >= 11 is 0. The Morgan fingerprint density at radius 3 is 2.21 bits per heavy atom. The third-order valence-corrected chi connectivity index (χ3v) is 3.41. The van der Waals surface area contributed by atoms with Gasteiger partial charge in [0.1, 0.15) is 0 Å². The zero-order valence-corrected chi connectivity index (χ0v) is 10.0. The topological polar surface area (TPSA) is 32.5 Å². The van der Waals surface area contributed by atoms with Crippen molar-refractivity contribution < 1.29 is 0 Å².